The molecule has 1 aliphatic heterocycles. The zero-order valence-electron chi connectivity index (χ0n) is 15.1. The van der Waals surface area contributed by atoms with Crippen molar-refractivity contribution >= 4 is 10.9 Å². The Bertz CT molecular complexity index is 955. The van der Waals surface area contributed by atoms with Crippen molar-refractivity contribution in [1.82, 2.24) is 10.3 Å². The lowest BCUT2D eigenvalue weighted by molar-refractivity contribution is 0.224. The molecule has 2 aromatic carbocycles. The summed E-state index contributed by atoms with van der Waals surface area (Å²) in [5.41, 5.74) is 2.83. The van der Waals surface area contributed by atoms with Gasteiger partial charge in [0, 0.05) is 28.7 Å². The molecule has 1 aliphatic rings. The van der Waals surface area contributed by atoms with E-state index in [2.05, 4.69) is 10.3 Å². The van der Waals surface area contributed by atoms with Crippen LogP contribution in [0.3, 0.4) is 0 Å². The second-order valence-electron chi connectivity index (χ2n) is 6.83. The van der Waals surface area contributed by atoms with Crippen molar-refractivity contribution in [3.8, 4) is 11.5 Å². The summed E-state index contributed by atoms with van der Waals surface area (Å²) in [6.07, 6.45) is 4.36. The molecule has 0 saturated carbocycles. The molecule has 142 valence electrons. The summed E-state index contributed by atoms with van der Waals surface area (Å²) in [5, 5.41) is 4.40. The molecule has 0 spiro atoms. The van der Waals surface area contributed by atoms with E-state index in [-0.39, 0.29) is 17.7 Å². The van der Waals surface area contributed by atoms with Crippen molar-refractivity contribution in [2.24, 2.45) is 0 Å². The highest BCUT2D eigenvalue weighted by Gasteiger charge is 2.25. The van der Waals surface area contributed by atoms with Gasteiger partial charge in [0.25, 0.3) is 0 Å². The zero-order valence-corrected chi connectivity index (χ0v) is 15.1. The number of H-pyrrole nitrogens is 1. The van der Waals surface area contributed by atoms with Gasteiger partial charge in [-0.3, -0.25) is 0 Å². The lowest BCUT2D eigenvalue weighted by Gasteiger charge is -2.27. The van der Waals surface area contributed by atoms with Gasteiger partial charge in [0.1, 0.15) is 18.2 Å². The van der Waals surface area contributed by atoms with Crippen molar-refractivity contribution < 1.29 is 18.3 Å². The van der Waals surface area contributed by atoms with E-state index < -0.39 is 0 Å². The molecule has 1 unspecified atom stereocenters. The number of aromatic amines is 1. The number of ether oxygens (including phenoxy) is 2. The van der Waals surface area contributed by atoms with Gasteiger partial charge in [-0.2, -0.15) is 0 Å². The zero-order chi connectivity index (χ0) is 18.8. The van der Waals surface area contributed by atoms with Crippen molar-refractivity contribution in [2.75, 3.05) is 20.3 Å². The highest BCUT2D eigenvalue weighted by molar-refractivity contribution is 5.83. The Hall–Kier alpha value is -2.60. The third-order valence-corrected chi connectivity index (χ3v) is 5.05. The topological polar surface area (TPSA) is 46.3 Å². The van der Waals surface area contributed by atoms with Crippen LogP contribution in [0, 0.1) is 11.6 Å². The average molecular weight is 372 g/mol. The minimum absolute atomic E-state index is 0.105. The maximum Gasteiger partial charge on any atom is 0.165 e. The van der Waals surface area contributed by atoms with Crippen LogP contribution in [-0.2, 0) is 12.8 Å². The Morgan fingerprint density at radius 3 is 3.00 bits per heavy atom. The fraction of sp³-hybridized carbons (Fsp3) is 0.333. The molecule has 4 nitrogen and oxygen atoms in total. The average Bonchev–Trinajstić information content (AvgIpc) is 3.07. The minimum atomic E-state index is -0.351. The van der Waals surface area contributed by atoms with Gasteiger partial charge in [-0.25, -0.2) is 8.78 Å². The first-order valence-corrected chi connectivity index (χ1v) is 9.13. The van der Waals surface area contributed by atoms with Gasteiger partial charge in [0.05, 0.1) is 7.11 Å². The summed E-state index contributed by atoms with van der Waals surface area (Å²) >= 11 is 0. The van der Waals surface area contributed by atoms with Gasteiger partial charge >= 0.3 is 0 Å². The molecule has 0 bridgehead atoms. The van der Waals surface area contributed by atoms with Gasteiger partial charge in [0.15, 0.2) is 11.6 Å². The summed E-state index contributed by atoms with van der Waals surface area (Å²) < 4.78 is 38.3. The number of aryl methyl sites for hydroxylation is 1. The lowest BCUT2D eigenvalue weighted by atomic mass is 10.0. The van der Waals surface area contributed by atoms with E-state index in [0.717, 1.165) is 41.4 Å². The Labute approximate surface area is 156 Å². The molecule has 3 aromatic rings. The molecule has 1 atom stereocenters. The molecule has 1 aromatic heterocycles. The third kappa shape index (κ3) is 3.62. The maximum absolute atomic E-state index is 13.9. The molecule has 2 N–H and O–H groups in total. The molecule has 0 saturated heterocycles. The van der Waals surface area contributed by atoms with Gasteiger partial charge in [-0.1, -0.05) is 0 Å². The lowest BCUT2D eigenvalue weighted by Crippen LogP contribution is -2.40. The smallest absolute Gasteiger partial charge is 0.165 e. The van der Waals surface area contributed by atoms with Crippen LogP contribution in [0.15, 0.2) is 36.5 Å². The van der Waals surface area contributed by atoms with Gasteiger partial charge in [-0.05, 0) is 61.7 Å². The Morgan fingerprint density at radius 1 is 1.26 bits per heavy atom. The number of fused-ring (bicyclic) bond motifs is 2. The number of hydrogen-bond acceptors (Lipinski definition) is 3. The first-order chi connectivity index (χ1) is 13.2. The largest absolute Gasteiger partial charge is 0.496 e. The summed E-state index contributed by atoms with van der Waals surface area (Å²) in [6.45, 7) is 1.22. The van der Waals surface area contributed by atoms with Crippen LogP contribution < -0.4 is 14.8 Å². The standard InChI is InChI=1S/C21H22F2N2O2/c1-26-20-7-5-18(23)21-17(20)10-15(12-27-21)24-8-2-3-13-11-25-19-6-4-14(22)9-16(13)19/h4-7,9,11,15,24-25H,2-3,8,10,12H2,1H3. The van der Waals surface area contributed by atoms with Crippen molar-refractivity contribution in [2.45, 2.75) is 25.3 Å². The predicted molar refractivity (Wildman–Crippen MR) is 101 cm³/mol. The van der Waals surface area contributed by atoms with Gasteiger partial charge in [-0.15, -0.1) is 0 Å². The number of nitrogens with one attached hydrogen (secondary N) is 2. The summed E-state index contributed by atoms with van der Waals surface area (Å²) in [4.78, 5) is 3.18. The second-order valence-corrected chi connectivity index (χ2v) is 6.83. The first-order valence-electron chi connectivity index (χ1n) is 9.13. The van der Waals surface area contributed by atoms with E-state index in [1.54, 1.807) is 25.3 Å². The molecular formula is C21H22F2N2O2. The number of rotatable bonds is 6. The van der Waals surface area contributed by atoms with Crippen LogP contribution in [0.5, 0.6) is 11.5 Å². The second kappa shape index (κ2) is 7.56. The molecule has 0 amide bonds. The van der Waals surface area contributed by atoms with Gasteiger partial charge in [0.2, 0.25) is 0 Å². The number of hydrogen-bond donors (Lipinski definition) is 2. The number of halogens is 2. The fourth-order valence-corrected chi connectivity index (χ4v) is 3.68. The van der Waals surface area contributed by atoms with E-state index in [1.807, 2.05) is 6.20 Å². The van der Waals surface area contributed by atoms with Crippen molar-refractivity contribution in [3.05, 3.63) is 59.3 Å². The Morgan fingerprint density at radius 2 is 2.15 bits per heavy atom. The number of aromatic nitrogens is 1. The summed E-state index contributed by atoms with van der Waals surface area (Å²) in [6, 6.07) is 7.90. The fourth-order valence-electron chi connectivity index (χ4n) is 3.68. The minimum Gasteiger partial charge on any atom is -0.496 e. The molecule has 0 aliphatic carbocycles. The van der Waals surface area contributed by atoms with E-state index in [9.17, 15) is 8.78 Å². The monoisotopic (exact) mass is 372 g/mol. The van der Waals surface area contributed by atoms with Crippen molar-refractivity contribution in [1.29, 1.82) is 0 Å². The van der Waals surface area contributed by atoms with Crippen LogP contribution in [-0.4, -0.2) is 31.3 Å². The predicted octanol–water partition coefficient (Wildman–Crippen LogP) is 3.98. The van der Waals surface area contributed by atoms with Gasteiger partial charge < -0.3 is 19.8 Å². The number of methoxy groups -OCH3 is 1. The quantitative estimate of drug-likeness (QED) is 0.644. The molecule has 4 rings (SSSR count). The molecule has 0 radical (unpaired) electrons. The highest BCUT2D eigenvalue weighted by atomic mass is 19.1. The molecule has 6 heteroatoms. The van der Waals surface area contributed by atoms with Crippen LogP contribution in [0.2, 0.25) is 0 Å². The van der Waals surface area contributed by atoms with E-state index in [4.69, 9.17) is 9.47 Å². The molecule has 27 heavy (non-hydrogen) atoms. The van der Waals surface area contributed by atoms with Crippen LogP contribution >= 0.6 is 0 Å². The normalized spacial score (nSPS) is 16.2. The summed E-state index contributed by atoms with van der Waals surface area (Å²) in [7, 11) is 1.58. The summed E-state index contributed by atoms with van der Waals surface area (Å²) in [5.74, 6) is 0.378. The maximum atomic E-state index is 13.9. The Balaban J connectivity index is 1.34. The van der Waals surface area contributed by atoms with Crippen LogP contribution in [0.1, 0.15) is 17.5 Å². The Kier molecular flexibility index (Phi) is 4.99. The number of benzene rings is 2. The van der Waals surface area contributed by atoms with E-state index >= 15 is 0 Å². The highest BCUT2D eigenvalue weighted by Crippen LogP contribution is 2.35. The molecule has 0 fully saturated rings. The van der Waals surface area contributed by atoms with Crippen LogP contribution in [0.25, 0.3) is 10.9 Å². The third-order valence-electron chi connectivity index (χ3n) is 5.05. The van der Waals surface area contributed by atoms with E-state index in [1.165, 1.54) is 12.1 Å². The van der Waals surface area contributed by atoms with Crippen LogP contribution in [0.4, 0.5) is 8.78 Å². The molecular weight excluding hydrogens is 350 g/mol. The van der Waals surface area contributed by atoms with Crippen molar-refractivity contribution in [3.63, 3.8) is 0 Å². The SMILES string of the molecule is COc1ccc(F)c2c1CC(NCCCc1c[nH]c3ccc(F)cc13)CO2. The molecule has 2 heterocycles. The first kappa shape index (κ1) is 17.8. The van der Waals surface area contributed by atoms with E-state index in [0.29, 0.717) is 24.5 Å².